The zero-order chi connectivity index (χ0) is 22.9. The summed E-state index contributed by atoms with van der Waals surface area (Å²) in [5, 5.41) is 5.90. The van der Waals surface area contributed by atoms with Crippen molar-refractivity contribution in [2.45, 2.75) is 31.3 Å². The van der Waals surface area contributed by atoms with Crippen molar-refractivity contribution in [1.29, 1.82) is 0 Å². The number of aromatic nitrogens is 3. The van der Waals surface area contributed by atoms with Crippen molar-refractivity contribution in [2.75, 3.05) is 24.7 Å². The van der Waals surface area contributed by atoms with Gasteiger partial charge in [-0.2, -0.15) is 15.0 Å². The van der Waals surface area contributed by atoms with E-state index in [0.717, 1.165) is 29.0 Å². The Kier molecular flexibility index (Phi) is 8.27. The summed E-state index contributed by atoms with van der Waals surface area (Å²) in [6.07, 6.45) is 0.755. The van der Waals surface area contributed by atoms with Crippen LogP contribution < -0.4 is 21.1 Å². The number of nitrogens with zero attached hydrogens (tertiary/aromatic N) is 3. The van der Waals surface area contributed by atoms with Gasteiger partial charge < -0.3 is 21.1 Å². The molecule has 1 aromatic heterocycles. The number of carbonyl (C=O) groups excluding carboxylic acids is 1. The van der Waals surface area contributed by atoms with Crippen LogP contribution in [-0.2, 0) is 17.0 Å². The molecule has 1 unspecified atom stereocenters. The molecule has 0 bridgehead atoms. The van der Waals surface area contributed by atoms with Crippen LogP contribution in [0.1, 0.15) is 23.9 Å². The highest BCUT2D eigenvalue weighted by Gasteiger charge is 2.15. The molecule has 1 atom stereocenters. The minimum Gasteiger partial charge on any atom is -0.497 e. The number of para-hydroxylation sites is 1. The number of rotatable bonds is 10. The molecule has 9 heteroatoms. The quantitative estimate of drug-likeness (QED) is 0.428. The van der Waals surface area contributed by atoms with E-state index < -0.39 is 0 Å². The van der Waals surface area contributed by atoms with Gasteiger partial charge in [0.25, 0.3) is 0 Å². The molecule has 0 fully saturated rings. The van der Waals surface area contributed by atoms with Gasteiger partial charge in [-0.15, -0.1) is 11.8 Å². The molecule has 8 nitrogen and oxygen atoms in total. The van der Waals surface area contributed by atoms with Crippen LogP contribution in [-0.4, -0.2) is 39.8 Å². The minimum atomic E-state index is -0.253. The molecular weight excluding hydrogens is 424 g/mol. The zero-order valence-corrected chi connectivity index (χ0v) is 19.3. The first kappa shape index (κ1) is 23.3. The van der Waals surface area contributed by atoms with Crippen LogP contribution in [0.2, 0.25) is 0 Å². The van der Waals surface area contributed by atoms with Gasteiger partial charge in [0.2, 0.25) is 17.8 Å². The maximum Gasteiger partial charge on any atom is 0.232 e. The number of benzene rings is 2. The average molecular weight is 453 g/mol. The second-order valence-corrected chi connectivity index (χ2v) is 8.54. The summed E-state index contributed by atoms with van der Waals surface area (Å²) < 4.78 is 5.16. The summed E-state index contributed by atoms with van der Waals surface area (Å²) in [6, 6.07) is 15.7. The smallest absolute Gasteiger partial charge is 0.232 e. The summed E-state index contributed by atoms with van der Waals surface area (Å²) in [7, 11) is 1.64. The van der Waals surface area contributed by atoms with E-state index in [1.807, 2.05) is 62.4 Å². The monoisotopic (exact) mass is 452 g/mol. The Balaban J connectivity index is 1.49. The lowest BCUT2D eigenvalue weighted by molar-refractivity contribution is -0.120. The number of methoxy groups -OCH3 is 1. The van der Waals surface area contributed by atoms with Crippen LogP contribution in [0.4, 0.5) is 17.6 Å². The Morgan fingerprint density at radius 1 is 1.12 bits per heavy atom. The van der Waals surface area contributed by atoms with Gasteiger partial charge in [-0.1, -0.05) is 30.3 Å². The second kappa shape index (κ2) is 11.3. The summed E-state index contributed by atoms with van der Waals surface area (Å²) >= 11 is 1.45. The third-order valence-corrected chi connectivity index (χ3v) is 5.93. The van der Waals surface area contributed by atoms with Crippen molar-refractivity contribution in [3.8, 4) is 5.75 Å². The predicted molar refractivity (Wildman–Crippen MR) is 129 cm³/mol. The van der Waals surface area contributed by atoms with Gasteiger partial charge in [0, 0.05) is 12.2 Å². The molecule has 3 aromatic rings. The molecule has 0 saturated heterocycles. The van der Waals surface area contributed by atoms with E-state index in [2.05, 4.69) is 25.6 Å². The lowest BCUT2D eigenvalue weighted by atomic mass is 10.1. The van der Waals surface area contributed by atoms with Crippen molar-refractivity contribution >= 4 is 35.3 Å². The van der Waals surface area contributed by atoms with E-state index in [1.165, 1.54) is 11.8 Å². The predicted octanol–water partition coefficient (Wildman–Crippen LogP) is 3.50. The summed E-state index contributed by atoms with van der Waals surface area (Å²) in [5.41, 5.74) is 8.97. The maximum atomic E-state index is 12.4. The number of ether oxygens (including phenoxy) is 1. The van der Waals surface area contributed by atoms with Crippen molar-refractivity contribution in [3.05, 3.63) is 65.5 Å². The summed E-state index contributed by atoms with van der Waals surface area (Å²) in [6.45, 7) is 4.43. The maximum absolute atomic E-state index is 12.4. The van der Waals surface area contributed by atoms with Gasteiger partial charge >= 0.3 is 0 Å². The first-order valence-electron chi connectivity index (χ1n) is 10.3. The number of thioether (sulfide) groups is 1. The lowest BCUT2D eigenvalue weighted by Crippen LogP contribution is -2.32. The van der Waals surface area contributed by atoms with Crippen LogP contribution in [0, 0.1) is 6.92 Å². The first-order valence-corrected chi connectivity index (χ1v) is 11.3. The third-order valence-electron chi connectivity index (χ3n) is 4.79. The van der Waals surface area contributed by atoms with E-state index in [4.69, 9.17) is 10.5 Å². The molecule has 3 rings (SSSR count). The normalized spacial score (nSPS) is 11.6. The van der Waals surface area contributed by atoms with Crippen molar-refractivity contribution in [1.82, 2.24) is 20.3 Å². The molecule has 0 aliphatic rings. The van der Waals surface area contributed by atoms with Gasteiger partial charge in [-0.05, 0) is 49.6 Å². The average Bonchev–Trinajstić information content (AvgIpc) is 2.79. The number of nitrogens with one attached hydrogen (secondary N) is 2. The van der Waals surface area contributed by atoms with Gasteiger partial charge in [-0.25, -0.2) is 0 Å². The molecule has 0 spiro atoms. The van der Waals surface area contributed by atoms with Gasteiger partial charge in [0.1, 0.15) is 11.6 Å². The number of amides is 1. The Morgan fingerprint density at radius 2 is 1.88 bits per heavy atom. The Bertz CT molecular complexity index is 1040. The van der Waals surface area contributed by atoms with Crippen LogP contribution in [0.5, 0.6) is 5.75 Å². The highest BCUT2D eigenvalue weighted by atomic mass is 32.2. The Labute approximate surface area is 192 Å². The molecule has 1 heterocycles. The SMILES string of the molecule is COc1ccc(CCNC(=O)C(C)SCc2nc(N)nc(Nc3ccccc3C)n2)cc1. The molecule has 4 N–H and O–H groups in total. The van der Waals surface area contributed by atoms with Gasteiger partial charge in [0.05, 0.1) is 18.1 Å². The fraction of sp³-hybridized carbons (Fsp3) is 0.304. The molecule has 32 heavy (non-hydrogen) atoms. The molecule has 168 valence electrons. The van der Waals surface area contributed by atoms with Crippen molar-refractivity contribution in [3.63, 3.8) is 0 Å². The summed E-state index contributed by atoms with van der Waals surface area (Å²) in [4.78, 5) is 25.2. The van der Waals surface area contributed by atoms with Crippen LogP contribution in [0.15, 0.2) is 48.5 Å². The first-order chi connectivity index (χ1) is 15.4. The largest absolute Gasteiger partial charge is 0.497 e. The van der Waals surface area contributed by atoms with Crippen molar-refractivity contribution < 1.29 is 9.53 Å². The van der Waals surface area contributed by atoms with E-state index in [-0.39, 0.29) is 17.1 Å². The van der Waals surface area contributed by atoms with Crippen molar-refractivity contribution in [2.24, 2.45) is 0 Å². The molecule has 1 amide bonds. The van der Waals surface area contributed by atoms with Gasteiger partial charge in [0.15, 0.2) is 0 Å². The van der Waals surface area contributed by atoms with E-state index in [1.54, 1.807) is 7.11 Å². The molecule has 2 aromatic carbocycles. The second-order valence-electron chi connectivity index (χ2n) is 7.22. The van der Waals surface area contributed by atoms with Crippen LogP contribution in [0.25, 0.3) is 0 Å². The topological polar surface area (TPSA) is 115 Å². The fourth-order valence-corrected chi connectivity index (χ4v) is 3.70. The number of hydrogen-bond donors (Lipinski definition) is 3. The lowest BCUT2D eigenvalue weighted by Gasteiger charge is -2.13. The highest BCUT2D eigenvalue weighted by molar-refractivity contribution is 7.99. The van der Waals surface area contributed by atoms with Crippen LogP contribution >= 0.6 is 11.8 Å². The number of hydrogen-bond acceptors (Lipinski definition) is 8. The standard InChI is InChI=1S/C23H28N6O2S/c1-15-6-4-5-7-19(15)26-23-28-20(27-22(24)29-23)14-32-16(2)21(30)25-13-12-17-8-10-18(31-3)11-9-17/h4-11,16H,12-14H2,1-3H3,(H,25,30)(H3,24,26,27,28,29). The number of anilines is 3. The minimum absolute atomic E-state index is 0.0243. The number of carbonyl (C=O) groups is 1. The third kappa shape index (κ3) is 6.84. The molecule has 0 saturated carbocycles. The highest BCUT2D eigenvalue weighted by Crippen LogP contribution is 2.20. The van der Waals surface area contributed by atoms with E-state index >= 15 is 0 Å². The molecule has 0 radical (unpaired) electrons. The number of nitrogens with two attached hydrogens (primary N) is 1. The Hall–Kier alpha value is -3.33. The molecular formula is C23H28N6O2S. The number of nitrogen functional groups attached to an aromatic ring is 1. The van der Waals surface area contributed by atoms with E-state index in [9.17, 15) is 4.79 Å². The Morgan fingerprint density at radius 3 is 2.59 bits per heavy atom. The van der Waals surface area contributed by atoms with E-state index in [0.29, 0.717) is 24.1 Å². The molecule has 0 aliphatic heterocycles. The zero-order valence-electron chi connectivity index (χ0n) is 18.5. The molecule has 0 aliphatic carbocycles. The van der Waals surface area contributed by atoms with Crippen LogP contribution in [0.3, 0.4) is 0 Å². The fourth-order valence-electron chi connectivity index (χ4n) is 2.93. The van der Waals surface area contributed by atoms with Gasteiger partial charge in [-0.3, -0.25) is 4.79 Å². The number of aryl methyl sites for hydroxylation is 1. The summed E-state index contributed by atoms with van der Waals surface area (Å²) in [5.74, 6) is 2.30.